The first kappa shape index (κ1) is 11.7. The molecular formula is C12H17NO2. The minimum Gasteiger partial charge on any atom is -0.391 e. The Morgan fingerprint density at radius 1 is 1.33 bits per heavy atom. The number of aliphatic hydroxyl groups is 1. The van der Waals surface area contributed by atoms with Gasteiger partial charge in [-0.05, 0) is 18.1 Å². The highest BCUT2D eigenvalue weighted by Gasteiger charge is 2.11. The highest BCUT2D eigenvalue weighted by atomic mass is 16.3. The van der Waals surface area contributed by atoms with E-state index in [4.69, 9.17) is 0 Å². The Kier molecular flexibility index (Phi) is 4.31. The Morgan fingerprint density at radius 2 is 1.93 bits per heavy atom. The molecule has 1 atom stereocenters. The number of nitrogens with one attached hydrogen (secondary N) is 1. The van der Waals surface area contributed by atoms with E-state index in [1.165, 1.54) is 0 Å². The molecule has 0 aromatic heterocycles. The minimum atomic E-state index is -0.488. The summed E-state index contributed by atoms with van der Waals surface area (Å²) in [7, 11) is 0. The standard InChI is InChI=1S/C12H17NO2/c1-9(2)11(14)8-13-12(15)10-6-4-3-5-7-10/h3-7,9,11,14H,8H2,1-2H3,(H,13,15). The molecule has 82 valence electrons. The second kappa shape index (κ2) is 5.51. The minimum absolute atomic E-state index is 0.143. The van der Waals surface area contributed by atoms with Crippen molar-refractivity contribution in [1.82, 2.24) is 5.32 Å². The molecule has 1 unspecified atom stereocenters. The molecule has 1 amide bonds. The molecule has 0 fully saturated rings. The number of amides is 1. The molecule has 0 heterocycles. The molecule has 0 spiro atoms. The third-order valence-electron chi connectivity index (χ3n) is 2.28. The molecule has 0 radical (unpaired) electrons. The van der Waals surface area contributed by atoms with Crippen molar-refractivity contribution in [3.8, 4) is 0 Å². The first-order chi connectivity index (χ1) is 7.11. The third-order valence-corrected chi connectivity index (χ3v) is 2.28. The number of carbonyl (C=O) groups excluding carboxylic acids is 1. The van der Waals surface area contributed by atoms with Gasteiger partial charge >= 0.3 is 0 Å². The van der Waals surface area contributed by atoms with E-state index in [1.807, 2.05) is 32.0 Å². The topological polar surface area (TPSA) is 49.3 Å². The van der Waals surface area contributed by atoms with E-state index in [-0.39, 0.29) is 11.8 Å². The molecule has 1 rings (SSSR count). The zero-order valence-electron chi connectivity index (χ0n) is 9.10. The molecular weight excluding hydrogens is 190 g/mol. The SMILES string of the molecule is CC(C)C(O)CNC(=O)c1ccccc1. The molecule has 0 saturated carbocycles. The lowest BCUT2D eigenvalue weighted by Crippen LogP contribution is -2.34. The van der Waals surface area contributed by atoms with Gasteiger partial charge in [-0.3, -0.25) is 4.79 Å². The van der Waals surface area contributed by atoms with E-state index in [9.17, 15) is 9.90 Å². The summed E-state index contributed by atoms with van der Waals surface area (Å²) < 4.78 is 0. The normalized spacial score (nSPS) is 12.5. The zero-order valence-corrected chi connectivity index (χ0v) is 9.10. The smallest absolute Gasteiger partial charge is 0.251 e. The summed E-state index contributed by atoms with van der Waals surface area (Å²) in [6, 6.07) is 8.98. The quantitative estimate of drug-likeness (QED) is 0.784. The summed E-state index contributed by atoms with van der Waals surface area (Å²) in [6.45, 7) is 4.13. The second-order valence-electron chi connectivity index (χ2n) is 3.89. The maximum atomic E-state index is 11.5. The Morgan fingerprint density at radius 3 is 2.47 bits per heavy atom. The predicted molar refractivity (Wildman–Crippen MR) is 59.6 cm³/mol. The van der Waals surface area contributed by atoms with Crippen molar-refractivity contribution in [2.24, 2.45) is 5.92 Å². The fraction of sp³-hybridized carbons (Fsp3) is 0.417. The number of hydrogen-bond donors (Lipinski definition) is 2. The molecule has 3 nitrogen and oxygen atoms in total. The molecule has 1 aromatic carbocycles. The van der Waals surface area contributed by atoms with Gasteiger partial charge in [0.2, 0.25) is 0 Å². The van der Waals surface area contributed by atoms with Gasteiger partial charge in [0.05, 0.1) is 6.10 Å². The maximum Gasteiger partial charge on any atom is 0.251 e. The van der Waals surface area contributed by atoms with Crippen LogP contribution >= 0.6 is 0 Å². The van der Waals surface area contributed by atoms with Crippen molar-refractivity contribution < 1.29 is 9.90 Å². The lowest BCUT2D eigenvalue weighted by molar-refractivity contribution is 0.0871. The highest BCUT2D eigenvalue weighted by Crippen LogP contribution is 2.01. The lowest BCUT2D eigenvalue weighted by Gasteiger charge is -2.14. The van der Waals surface area contributed by atoms with Crippen molar-refractivity contribution in [3.63, 3.8) is 0 Å². The van der Waals surface area contributed by atoms with Gasteiger partial charge < -0.3 is 10.4 Å². The van der Waals surface area contributed by atoms with Crippen LogP contribution in [0.2, 0.25) is 0 Å². The van der Waals surface area contributed by atoms with Crippen LogP contribution < -0.4 is 5.32 Å². The van der Waals surface area contributed by atoms with Crippen LogP contribution in [0.1, 0.15) is 24.2 Å². The fourth-order valence-corrected chi connectivity index (χ4v) is 1.12. The van der Waals surface area contributed by atoms with Gasteiger partial charge in [0, 0.05) is 12.1 Å². The van der Waals surface area contributed by atoms with Crippen LogP contribution in [0.5, 0.6) is 0 Å². The summed E-state index contributed by atoms with van der Waals surface area (Å²) >= 11 is 0. The van der Waals surface area contributed by atoms with Crippen LogP contribution in [0.4, 0.5) is 0 Å². The largest absolute Gasteiger partial charge is 0.391 e. The van der Waals surface area contributed by atoms with E-state index in [2.05, 4.69) is 5.32 Å². The van der Waals surface area contributed by atoms with Crippen LogP contribution in [-0.2, 0) is 0 Å². The summed E-state index contributed by atoms with van der Waals surface area (Å²) in [6.07, 6.45) is -0.488. The first-order valence-corrected chi connectivity index (χ1v) is 5.12. The van der Waals surface area contributed by atoms with Gasteiger partial charge in [0.1, 0.15) is 0 Å². The van der Waals surface area contributed by atoms with Crippen LogP contribution in [0.25, 0.3) is 0 Å². The van der Waals surface area contributed by atoms with Crippen LogP contribution in [0, 0.1) is 5.92 Å². The summed E-state index contributed by atoms with van der Waals surface area (Å²) in [5.74, 6) is 0.0105. The first-order valence-electron chi connectivity index (χ1n) is 5.12. The second-order valence-corrected chi connectivity index (χ2v) is 3.89. The summed E-state index contributed by atoms with van der Waals surface area (Å²) in [4.78, 5) is 11.5. The zero-order chi connectivity index (χ0) is 11.3. The predicted octanol–water partition coefficient (Wildman–Crippen LogP) is 1.43. The molecule has 3 heteroatoms. The van der Waals surface area contributed by atoms with Crippen LogP contribution in [0.15, 0.2) is 30.3 Å². The van der Waals surface area contributed by atoms with Gasteiger partial charge in [-0.15, -0.1) is 0 Å². The Hall–Kier alpha value is -1.35. The molecule has 0 bridgehead atoms. The molecule has 0 aliphatic heterocycles. The molecule has 15 heavy (non-hydrogen) atoms. The van der Waals surface area contributed by atoms with Crippen LogP contribution in [-0.4, -0.2) is 23.7 Å². The number of hydrogen-bond acceptors (Lipinski definition) is 2. The van der Waals surface area contributed by atoms with Crippen molar-refractivity contribution in [2.75, 3.05) is 6.54 Å². The average Bonchev–Trinajstić information content (AvgIpc) is 2.26. The molecule has 0 aliphatic carbocycles. The number of aliphatic hydroxyl groups excluding tert-OH is 1. The van der Waals surface area contributed by atoms with E-state index in [0.717, 1.165) is 0 Å². The third kappa shape index (κ3) is 3.72. The van der Waals surface area contributed by atoms with E-state index in [0.29, 0.717) is 12.1 Å². The Bertz CT molecular complexity index is 309. The van der Waals surface area contributed by atoms with Gasteiger partial charge in [-0.25, -0.2) is 0 Å². The molecule has 0 saturated heterocycles. The maximum absolute atomic E-state index is 11.5. The van der Waals surface area contributed by atoms with E-state index in [1.54, 1.807) is 12.1 Å². The van der Waals surface area contributed by atoms with Gasteiger partial charge in [0.25, 0.3) is 5.91 Å². The van der Waals surface area contributed by atoms with Gasteiger partial charge in [-0.1, -0.05) is 32.0 Å². The molecule has 0 aliphatic rings. The Labute approximate surface area is 90.1 Å². The monoisotopic (exact) mass is 207 g/mol. The lowest BCUT2D eigenvalue weighted by atomic mass is 10.1. The van der Waals surface area contributed by atoms with E-state index < -0.39 is 6.10 Å². The highest BCUT2D eigenvalue weighted by molar-refractivity contribution is 5.94. The van der Waals surface area contributed by atoms with Gasteiger partial charge in [0.15, 0.2) is 0 Å². The van der Waals surface area contributed by atoms with Crippen molar-refractivity contribution in [1.29, 1.82) is 0 Å². The van der Waals surface area contributed by atoms with Crippen molar-refractivity contribution >= 4 is 5.91 Å². The molecule has 2 N–H and O–H groups in total. The van der Waals surface area contributed by atoms with Crippen molar-refractivity contribution in [3.05, 3.63) is 35.9 Å². The Balaban J connectivity index is 2.44. The number of benzene rings is 1. The number of rotatable bonds is 4. The van der Waals surface area contributed by atoms with E-state index >= 15 is 0 Å². The average molecular weight is 207 g/mol. The van der Waals surface area contributed by atoms with Crippen molar-refractivity contribution in [2.45, 2.75) is 20.0 Å². The van der Waals surface area contributed by atoms with Crippen LogP contribution in [0.3, 0.4) is 0 Å². The molecule has 1 aromatic rings. The fourth-order valence-electron chi connectivity index (χ4n) is 1.12. The summed E-state index contributed by atoms with van der Waals surface area (Å²) in [5.41, 5.74) is 0.619. The summed E-state index contributed by atoms with van der Waals surface area (Å²) in [5, 5.41) is 12.2. The number of carbonyl (C=O) groups is 1. The van der Waals surface area contributed by atoms with Gasteiger partial charge in [-0.2, -0.15) is 0 Å².